The van der Waals surface area contributed by atoms with Gasteiger partial charge in [0, 0.05) is 0 Å². The Labute approximate surface area is 52.6 Å². The van der Waals surface area contributed by atoms with Crippen LogP contribution in [0.25, 0.3) is 0 Å². The molecular formula is C6H8O3. The smallest absolute Gasteiger partial charge is 0.306 e. The van der Waals surface area contributed by atoms with E-state index in [1.54, 1.807) is 0 Å². The summed E-state index contributed by atoms with van der Waals surface area (Å²) >= 11 is 0. The molecule has 2 rings (SSSR count). The molecule has 0 spiro atoms. The number of carboxylic acid groups (broad SMARTS) is 1. The van der Waals surface area contributed by atoms with Gasteiger partial charge in [0.25, 0.3) is 0 Å². The van der Waals surface area contributed by atoms with E-state index in [1.807, 2.05) is 0 Å². The van der Waals surface area contributed by atoms with E-state index in [9.17, 15) is 4.79 Å². The van der Waals surface area contributed by atoms with Crippen LogP contribution in [0.2, 0.25) is 0 Å². The van der Waals surface area contributed by atoms with Crippen LogP contribution in [0.15, 0.2) is 0 Å². The summed E-state index contributed by atoms with van der Waals surface area (Å²) < 4.78 is 5.07. The monoisotopic (exact) mass is 128 g/mol. The van der Waals surface area contributed by atoms with Crippen molar-refractivity contribution in [2.24, 2.45) is 5.92 Å². The van der Waals surface area contributed by atoms with Crippen LogP contribution in [-0.2, 0) is 9.53 Å². The van der Waals surface area contributed by atoms with Gasteiger partial charge in [0.2, 0.25) is 0 Å². The highest BCUT2D eigenvalue weighted by molar-refractivity contribution is 5.70. The van der Waals surface area contributed by atoms with Crippen LogP contribution in [0.4, 0.5) is 0 Å². The van der Waals surface area contributed by atoms with Gasteiger partial charge in [0.1, 0.15) is 0 Å². The summed E-state index contributed by atoms with van der Waals surface area (Å²) in [7, 11) is 0. The first-order valence-corrected chi connectivity index (χ1v) is 3.15. The molecule has 50 valence electrons. The summed E-state index contributed by atoms with van der Waals surface area (Å²) in [6, 6.07) is 0. The quantitative estimate of drug-likeness (QED) is 0.515. The molecule has 1 aliphatic carbocycles. The van der Waals surface area contributed by atoms with Gasteiger partial charge < -0.3 is 9.84 Å². The van der Waals surface area contributed by atoms with Crippen LogP contribution >= 0.6 is 0 Å². The van der Waals surface area contributed by atoms with Crippen LogP contribution in [0.1, 0.15) is 12.8 Å². The summed E-state index contributed by atoms with van der Waals surface area (Å²) in [6.07, 6.45) is 2.07. The fourth-order valence-electron chi connectivity index (χ4n) is 1.45. The molecule has 3 atom stereocenters. The molecule has 0 radical (unpaired) electrons. The largest absolute Gasteiger partial charge is 0.481 e. The van der Waals surface area contributed by atoms with E-state index < -0.39 is 5.97 Å². The van der Waals surface area contributed by atoms with E-state index in [-0.39, 0.29) is 5.92 Å². The summed E-state index contributed by atoms with van der Waals surface area (Å²) in [6.45, 7) is 0. The zero-order valence-electron chi connectivity index (χ0n) is 4.91. The number of aliphatic carboxylic acids is 1. The SMILES string of the molecule is O=C(O)C1CC2O[C@@H]2C1. The van der Waals surface area contributed by atoms with Crippen LogP contribution in [-0.4, -0.2) is 23.3 Å². The summed E-state index contributed by atoms with van der Waals surface area (Å²) in [5.74, 6) is -0.778. The Morgan fingerprint density at radius 3 is 2.33 bits per heavy atom. The molecular weight excluding hydrogens is 120 g/mol. The number of epoxide rings is 1. The van der Waals surface area contributed by atoms with Gasteiger partial charge in [0.15, 0.2) is 0 Å². The van der Waals surface area contributed by atoms with E-state index in [4.69, 9.17) is 9.84 Å². The van der Waals surface area contributed by atoms with Crippen molar-refractivity contribution in [3.8, 4) is 0 Å². The maximum Gasteiger partial charge on any atom is 0.306 e. The highest BCUT2D eigenvalue weighted by Gasteiger charge is 2.50. The fourth-order valence-corrected chi connectivity index (χ4v) is 1.45. The van der Waals surface area contributed by atoms with Gasteiger partial charge in [0.05, 0.1) is 18.1 Å². The third-order valence-electron chi connectivity index (χ3n) is 2.07. The fraction of sp³-hybridized carbons (Fsp3) is 0.833. The number of fused-ring (bicyclic) bond motifs is 1. The number of hydrogen-bond donors (Lipinski definition) is 1. The van der Waals surface area contributed by atoms with Gasteiger partial charge in [-0.05, 0) is 12.8 Å². The molecule has 9 heavy (non-hydrogen) atoms. The molecule has 1 saturated heterocycles. The third kappa shape index (κ3) is 0.721. The van der Waals surface area contributed by atoms with Gasteiger partial charge >= 0.3 is 5.97 Å². The Bertz CT molecular complexity index is 144. The van der Waals surface area contributed by atoms with Gasteiger partial charge in [-0.1, -0.05) is 0 Å². The van der Waals surface area contributed by atoms with Crippen molar-refractivity contribution >= 4 is 5.97 Å². The molecule has 1 heterocycles. The molecule has 1 aliphatic heterocycles. The molecule has 2 fully saturated rings. The first kappa shape index (κ1) is 5.23. The normalized spacial score (nSPS) is 46.4. The lowest BCUT2D eigenvalue weighted by Gasteiger charge is -2.01. The number of rotatable bonds is 1. The zero-order valence-corrected chi connectivity index (χ0v) is 4.91. The number of hydrogen-bond acceptors (Lipinski definition) is 2. The highest BCUT2D eigenvalue weighted by Crippen LogP contribution is 2.41. The average Bonchev–Trinajstić information content (AvgIpc) is 2.40. The topological polar surface area (TPSA) is 49.8 Å². The van der Waals surface area contributed by atoms with Crippen LogP contribution in [0.3, 0.4) is 0 Å². The average molecular weight is 128 g/mol. The maximum absolute atomic E-state index is 10.3. The molecule has 2 aliphatic rings. The van der Waals surface area contributed by atoms with Crippen molar-refractivity contribution in [3.05, 3.63) is 0 Å². The van der Waals surface area contributed by atoms with Gasteiger partial charge in [-0.3, -0.25) is 4.79 Å². The molecule has 0 bridgehead atoms. The van der Waals surface area contributed by atoms with E-state index in [1.165, 1.54) is 0 Å². The summed E-state index contributed by atoms with van der Waals surface area (Å²) in [5, 5.41) is 8.50. The minimum absolute atomic E-state index is 0.117. The third-order valence-corrected chi connectivity index (χ3v) is 2.07. The molecule has 3 nitrogen and oxygen atoms in total. The second-order valence-electron chi connectivity index (χ2n) is 2.72. The first-order valence-electron chi connectivity index (χ1n) is 3.15. The Balaban J connectivity index is 1.97. The predicted molar refractivity (Wildman–Crippen MR) is 29.0 cm³/mol. The Kier molecular flexibility index (Phi) is 0.858. The lowest BCUT2D eigenvalue weighted by molar-refractivity contribution is -0.142. The van der Waals surface area contributed by atoms with Crippen molar-refractivity contribution in [2.75, 3.05) is 0 Å². The number of carbonyl (C=O) groups is 1. The Morgan fingerprint density at radius 1 is 1.44 bits per heavy atom. The molecule has 2 unspecified atom stereocenters. The van der Waals surface area contributed by atoms with E-state index in [0.717, 1.165) is 12.8 Å². The van der Waals surface area contributed by atoms with Gasteiger partial charge in [-0.2, -0.15) is 0 Å². The van der Waals surface area contributed by atoms with Crippen molar-refractivity contribution < 1.29 is 14.6 Å². The van der Waals surface area contributed by atoms with E-state index in [2.05, 4.69) is 0 Å². The zero-order chi connectivity index (χ0) is 6.43. The van der Waals surface area contributed by atoms with Crippen molar-refractivity contribution in [3.63, 3.8) is 0 Å². The molecule has 3 heteroatoms. The second kappa shape index (κ2) is 1.48. The van der Waals surface area contributed by atoms with Gasteiger partial charge in [-0.25, -0.2) is 0 Å². The van der Waals surface area contributed by atoms with Gasteiger partial charge in [-0.15, -0.1) is 0 Å². The standard InChI is InChI=1S/C6H8O3/c7-6(8)3-1-4-5(2-3)9-4/h3-5H,1-2H2,(H,7,8)/t3?,4-,5?/m1/s1. The number of ether oxygens (including phenoxy) is 1. The summed E-state index contributed by atoms with van der Waals surface area (Å²) in [4.78, 5) is 10.3. The Hall–Kier alpha value is -0.570. The van der Waals surface area contributed by atoms with E-state index in [0.29, 0.717) is 12.2 Å². The number of carboxylic acids is 1. The molecule has 0 aromatic rings. The minimum atomic E-state index is -0.661. The highest BCUT2D eigenvalue weighted by atomic mass is 16.6. The predicted octanol–water partition coefficient (Wildman–Crippen LogP) is 0.248. The maximum atomic E-state index is 10.3. The second-order valence-corrected chi connectivity index (χ2v) is 2.72. The van der Waals surface area contributed by atoms with Crippen LogP contribution in [0, 0.1) is 5.92 Å². The first-order chi connectivity index (χ1) is 4.27. The molecule has 1 saturated carbocycles. The van der Waals surface area contributed by atoms with Crippen LogP contribution < -0.4 is 0 Å². The molecule has 0 aromatic heterocycles. The summed E-state index contributed by atoms with van der Waals surface area (Å²) in [5.41, 5.74) is 0. The lowest BCUT2D eigenvalue weighted by atomic mass is 10.1. The van der Waals surface area contributed by atoms with E-state index >= 15 is 0 Å². The lowest BCUT2D eigenvalue weighted by Crippen LogP contribution is -2.11. The molecule has 0 amide bonds. The van der Waals surface area contributed by atoms with Crippen LogP contribution in [0.5, 0.6) is 0 Å². The van der Waals surface area contributed by atoms with Crippen molar-refractivity contribution in [1.82, 2.24) is 0 Å². The minimum Gasteiger partial charge on any atom is -0.481 e. The molecule has 1 N–H and O–H groups in total. The Morgan fingerprint density at radius 2 is 2.00 bits per heavy atom. The molecule has 0 aromatic carbocycles. The van der Waals surface area contributed by atoms with Crippen molar-refractivity contribution in [2.45, 2.75) is 25.0 Å². The van der Waals surface area contributed by atoms with Crippen molar-refractivity contribution in [1.29, 1.82) is 0 Å².